The lowest BCUT2D eigenvalue weighted by Gasteiger charge is -2.18. The third kappa shape index (κ3) is 6.12. The molecule has 0 spiro atoms. The average Bonchev–Trinajstić information content (AvgIpc) is 3.13. The molecule has 0 bridgehead atoms. The van der Waals surface area contributed by atoms with Gasteiger partial charge in [-0.25, -0.2) is 4.79 Å². The number of para-hydroxylation sites is 1. The number of thiophene rings is 1. The zero-order valence-corrected chi connectivity index (χ0v) is 22.3. The molecule has 2 amide bonds. The van der Waals surface area contributed by atoms with Crippen molar-refractivity contribution in [1.82, 2.24) is 0 Å². The Hall–Kier alpha value is -3.65. The van der Waals surface area contributed by atoms with Crippen LogP contribution in [-0.2, 0) is 16.0 Å². The van der Waals surface area contributed by atoms with Gasteiger partial charge in [0.2, 0.25) is 0 Å². The molecule has 7 nitrogen and oxygen atoms in total. The fourth-order valence-electron chi connectivity index (χ4n) is 3.71. The maximum atomic E-state index is 12.8. The standard InChI is InChI=1S/C28H32N2O5S/c1-7-20-11-9-10-16(3)24(20)29-25(31)18(5)35-22-14-12-21(13-15-22)26(32)30-27-23(28(33)34-8-2)17(4)19(6)36-27/h9-15,18H,7-8H2,1-6H3,(H,29,31)(H,30,32)/t18-/m0/s1. The first-order valence-electron chi connectivity index (χ1n) is 11.9. The Morgan fingerprint density at radius 2 is 1.67 bits per heavy atom. The van der Waals surface area contributed by atoms with E-state index in [0.29, 0.717) is 21.9 Å². The van der Waals surface area contributed by atoms with E-state index in [9.17, 15) is 14.4 Å². The fourth-order valence-corrected chi connectivity index (χ4v) is 4.75. The summed E-state index contributed by atoms with van der Waals surface area (Å²) in [7, 11) is 0. The molecule has 0 fully saturated rings. The summed E-state index contributed by atoms with van der Waals surface area (Å²) in [4.78, 5) is 38.9. The van der Waals surface area contributed by atoms with Crippen LogP contribution in [0, 0.1) is 20.8 Å². The molecule has 36 heavy (non-hydrogen) atoms. The molecule has 2 N–H and O–H groups in total. The Labute approximate surface area is 215 Å². The summed E-state index contributed by atoms with van der Waals surface area (Å²) in [5.41, 5.74) is 4.44. The molecule has 1 heterocycles. The monoisotopic (exact) mass is 508 g/mol. The molecule has 190 valence electrons. The highest BCUT2D eigenvalue weighted by Crippen LogP contribution is 2.33. The normalized spacial score (nSPS) is 11.5. The second kappa shape index (κ2) is 11.9. The van der Waals surface area contributed by atoms with Crippen LogP contribution < -0.4 is 15.4 Å². The van der Waals surface area contributed by atoms with Crippen molar-refractivity contribution in [2.75, 3.05) is 17.2 Å². The van der Waals surface area contributed by atoms with Crippen LogP contribution in [0.15, 0.2) is 42.5 Å². The molecule has 0 unspecified atom stereocenters. The van der Waals surface area contributed by atoms with Crippen LogP contribution in [0.2, 0.25) is 0 Å². The number of carbonyl (C=O) groups is 3. The molecular formula is C28H32N2O5S. The third-order valence-corrected chi connectivity index (χ3v) is 7.00. The molecule has 0 saturated heterocycles. The van der Waals surface area contributed by atoms with Crippen LogP contribution in [0.3, 0.4) is 0 Å². The molecule has 8 heteroatoms. The van der Waals surface area contributed by atoms with Crippen LogP contribution in [0.25, 0.3) is 0 Å². The first kappa shape index (κ1) is 26.9. The number of aryl methyl sites for hydroxylation is 3. The topological polar surface area (TPSA) is 93.7 Å². The zero-order valence-electron chi connectivity index (χ0n) is 21.5. The van der Waals surface area contributed by atoms with Crippen molar-refractivity contribution >= 4 is 39.8 Å². The highest BCUT2D eigenvalue weighted by Gasteiger charge is 2.23. The highest BCUT2D eigenvalue weighted by atomic mass is 32.1. The van der Waals surface area contributed by atoms with E-state index in [4.69, 9.17) is 9.47 Å². The number of rotatable bonds is 9. The van der Waals surface area contributed by atoms with Crippen molar-refractivity contribution < 1.29 is 23.9 Å². The summed E-state index contributed by atoms with van der Waals surface area (Å²) >= 11 is 1.34. The van der Waals surface area contributed by atoms with Gasteiger partial charge in [0.1, 0.15) is 10.8 Å². The number of carbonyl (C=O) groups excluding carboxylic acids is 3. The molecule has 0 aliphatic rings. The fraction of sp³-hybridized carbons (Fsp3) is 0.321. The Bertz CT molecular complexity index is 1260. The second-order valence-corrected chi connectivity index (χ2v) is 9.62. The third-order valence-electron chi connectivity index (χ3n) is 5.88. The maximum Gasteiger partial charge on any atom is 0.341 e. The van der Waals surface area contributed by atoms with Gasteiger partial charge in [0, 0.05) is 16.1 Å². The van der Waals surface area contributed by atoms with E-state index >= 15 is 0 Å². The second-order valence-electron chi connectivity index (χ2n) is 8.40. The predicted molar refractivity (Wildman–Crippen MR) is 143 cm³/mol. The summed E-state index contributed by atoms with van der Waals surface area (Å²) in [6.07, 6.45) is 0.0697. The maximum absolute atomic E-state index is 12.8. The van der Waals surface area contributed by atoms with Gasteiger partial charge in [-0.3, -0.25) is 9.59 Å². The van der Waals surface area contributed by atoms with Gasteiger partial charge in [-0.1, -0.05) is 25.1 Å². The van der Waals surface area contributed by atoms with Gasteiger partial charge < -0.3 is 20.1 Å². The van der Waals surface area contributed by atoms with Gasteiger partial charge in [-0.15, -0.1) is 11.3 Å². The molecular weight excluding hydrogens is 476 g/mol. The van der Waals surface area contributed by atoms with E-state index in [1.807, 2.05) is 45.9 Å². The Morgan fingerprint density at radius 1 is 0.972 bits per heavy atom. The molecule has 1 atom stereocenters. The minimum atomic E-state index is -0.738. The number of hydrogen-bond donors (Lipinski definition) is 2. The van der Waals surface area contributed by atoms with Crippen molar-refractivity contribution in [3.8, 4) is 5.75 Å². The molecule has 1 aromatic heterocycles. The van der Waals surface area contributed by atoms with E-state index in [2.05, 4.69) is 10.6 Å². The lowest BCUT2D eigenvalue weighted by atomic mass is 10.1. The number of anilines is 2. The van der Waals surface area contributed by atoms with Gasteiger partial charge >= 0.3 is 5.97 Å². The van der Waals surface area contributed by atoms with Gasteiger partial charge in [-0.05, 0) is 82.0 Å². The Morgan fingerprint density at radius 3 is 2.31 bits per heavy atom. The molecule has 0 saturated carbocycles. The number of benzene rings is 2. The first-order chi connectivity index (χ1) is 17.2. The van der Waals surface area contributed by atoms with E-state index in [0.717, 1.165) is 33.7 Å². The summed E-state index contributed by atoms with van der Waals surface area (Å²) in [5, 5.41) is 6.26. The van der Waals surface area contributed by atoms with Crippen molar-refractivity contribution in [2.24, 2.45) is 0 Å². The number of hydrogen-bond acceptors (Lipinski definition) is 6. The Balaban J connectivity index is 1.66. The summed E-state index contributed by atoms with van der Waals surface area (Å²) in [5.74, 6) is -0.603. The minimum absolute atomic E-state index is 0.253. The van der Waals surface area contributed by atoms with Crippen LogP contribution in [0.5, 0.6) is 5.75 Å². The smallest absolute Gasteiger partial charge is 0.341 e. The molecule has 2 aromatic carbocycles. The van der Waals surface area contributed by atoms with E-state index < -0.39 is 12.1 Å². The average molecular weight is 509 g/mol. The lowest BCUT2D eigenvalue weighted by molar-refractivity contribution is -0.122. The molecule has 3 aromatic rings. The molecule has 0 radical (unpaired) electrons. The first-order valence-corrected chi connectivity index (χ1v) is 12.7. The van der Waals surface area contributed by atoms with Crippen molar-refractivity contribution in [3.63, 3.8) is 0 Å². The number of amides is 2. The zero-order chi connectivity index (χ0) is 26.4. The minimum Gasteiger partial charge on any atom is -0.481 e. The summed E-state index contributed by atoms with van der Waals surface area (Å²) < 4.78 is 11.0. The van der Waals surface area contributed by atoms with Crippen LogP contribution in [0.1, 0.15) is 63.1 Å². The number of nitrogens with one attached hydrogen (secondary N) is 2. The highest BCUT2D eigenvalue weighted by molar-refractivity contribution is 7.16. The Kier molecular flexibility index (Phi) is 8.88. The van der Waals surface area contributed by atoms with E-state index in [1.165, 1.54) is 11.3 Å². The van der Waals surface area contributed by atoms with Crippen molar-refractivity contribution in [2.45, 2.75) is 54.1 Å². The van der Waals surface area contributed by atoms with Crippen LogP contribution in [0.4, 0.5) is 10.7 Å². The van der Waals surface area contributed by atoms with Gasteiger partial charge in [0.25, 0.3) is 11.8 Å². The number of esters is 1. The van der Waals surface area contributed by atoms with Gasteiger partial charge in [-0.2, -0.15) is 0 Å². The van der Waals surface area contributed by atoms with Crippen LogP contribution in [-0.4, -0.2) is 30.5 Å². The van der Waals surface area contributed by atoms with Crippen molar-refractivity contribution in [1.29, 1.82) is 0 Å². The summed E-state index contributed by atoms with van der Waals surface area (Å²) in [6, 6.07) is 12.4. The number of ether oxygens (including phenoxy) is 2. The quantitative estimate of drug-likeness (QED) is 0.342. The van der Waals surface area contributed by atoms with Gasteiger partial charge in [0.15, 0.2) is 6.10 Å². The largest absolute Gasteiger partial charge is 0.481 e. The molecule has 3 rings (SSSR count). The van der Waals surface area contributed by atoms with Crippen molar-refractivity contribution in [3.05, 3.63) is 75.2 Å². The van der Waals surface area contributed by atoms with Crippen LogP contribution >= 0.6 is 11.3 Å². The predicted octanol–water partition coefficient (Wildman–Crippen LogP) is 6.07. The van der Waals surface area contributed by atoms with Gasteiger partial charge in [0.05, 0.1) is 12.2 Å². The van der Waals surface area contributed by atoms with E-state index in [1.54, 1.807) is 38.1 Å². The molecule has 0 aliphatic heterocycles. The lowest BCUT2D eigenvalue weighted by Crippen LogP contribution is -2.30. The molecule has 0 aliphatic carbocycles. The van der Waals surface area contributed by atoms with E-state index in [-0.39, 0.29) is 18.4 Å². The summed E-state index contributed by atoms with van der Waals surface area (Å²) in [6.45, 7) is 11.4. The SMILES string of the molecule is CCOC(=O)c1c(NC(=O)c2ccc(O[C@@H](C)C(=O)Nc3c(C)cccc3CC)cc2)sc(C)c1C.